The van der Waals surface area contributed by atoms with E-state index in [9.17, 15) is 0 Å². The Morgan fingerprint density at radius 3 is 2.68 bits per heavy atom. The molecule has 2 heterocycles. The van der Waals surface area contributed by atoms with E-state index in [0.29, 0.717) is 0 Å². The van der Waals surface area contributed by atoms with Crippen LogP contribution in [0, 0.1) is 0 Å². The third-order valence-electron chi connectivity index (χ3n) is 4.14. The maximum Gasteiger partial charge on any atom is 0.105 e. The lowest BCUT2D eigenvalue weighted by Crippen LogP contribution is -1.95. The number of thiophene rings is 1. The Hall–Kier alpha value is -2.13. The van der Waals surface area contributed by atoms with Gasteiger partial charge in [0, 0.05) is 29.0 Å². The molecule has 0 amide bonds. The van der Waals surface area contributed by atoms with Gasteiger partial charge in [0.1, 0.15) is 5.00 Å². The minimum atomic E-state index is 0.772. The first-order chi connectivity index (χ1) is 10.9. The molecule has 0 N–H and O–H groups in total. The first-order valence-electron chi connectivity index (χ1n) is 7.73. The van der Waals surface area contributed by atoms with Gasteiger partial charge in [0.05, 0.1) is 6.54 Å². The van der Waals surface area contributed by atoms with Gasteiger partial charge in [-0.25, -0.2) is 0 Å². The van der Waals surface area contributed by atoms with Gasteiger partial charge in [-0.05, 0) is 42.5 Å². The average molecular weight is 306 g/mol. The second kappa shape index (κ2) is 5.93. The summed E-state index contributed by atoms with van der Waals surface area (Å²) in [5.74, 6) is 0. The van der Waals surface area contributed by atoms with Crippen molar-refractivity contribution in [3.63, 3.8) is 0 Å². The SMILES string of the molecule is C(=NCc1c(-n2cccc2)sc2c1CCC2)c1ccccc1. The summed E-state index contributed by atoms with van der Waals surface area (Å²) in [6, 6.07) is 14.5. The number of rotatable bonds is 4. The molecule has 0 unspecified atom stereocenters. The standard InChI is InChI=1S/C19H18N2S/c1-2-7-15(8-3-1)13-20-14-17-16-9-6-10-18(16)22-19(17)21-11-4-5-12-21/h1-5,7-8,11-13H,6,9-10,14H2. The highest BCUT2D eigenvalue weighted by molar-refractivity contribution is 7.15. The van der Waals surface area contributed by atoms with Crippen LogP contribution in [0.1, 0.15) is 28.0 Å². The molecule has 0 radical (unpaired) electrons. The van der Waals surface area contributed by atoms with Crippen molar-refractivity contribution in [1.82, 2.24) is 4.57 Å². The van der Waals surface area contributed by atoms with Crippen molar-refractivity contribution in [1.29, 1.82) is 0 Å². The average Bonchev–Trinajstić information content (AvgIpc) is 3.25. The number of aryl methyl sites for hydroxylation is 1. The van der Waals surface area contributed by atoms with Crippen LogP contribution in [-0.2, 0) is 19.4 Å². The van der Waals surface area contributed by atoms with Crippen LogP contribution >= 0.6 is 11.3 Å². The van der Waals surface area contributed by atoms with Crippen LogP contribution in [0.15, 0.2) is 59.9 Å². The summed E-state index contributed by atoms with van der Waals surface area (Å²) >= 11 is 1.94. The summed E-state index contributed by atoms with van der Waals surface area (Å²) in [4.78, 5) is 6.26. The van der Waals surface area contributed by atoms with Crippen molar-refractivity contribution in [2.45, 2.75) is 25.8 Å². The predicted octanol–water partition coefficient (Wildman–Crippen LogP) is 4.65. The molecule has 22 heavy (non-hydrogen) atoms. The number of aromatic nitrogens is 1. The molecular weight excluding hydrogens is 288 g/mol. The molecule has 1 aliphatic rings. The fourth-order valence-corrected chi connectivity index (χ4v) is 4.44. The van der Waals surface area contributed by atoms with Crippen LogP contribution in [0.5, 0.6) is 0 Å². The number of hydrogen-bond acceptors (Lipinski definition) is 2. The fourth-order valence-electron chi connectivity index (χ4n) is 3.08. The largest absolute Gasteiger partial charge is 0.315 e. The number of aliphatic imine (C=N–C) groups is 1. The summed E-state index contributed by atoms with van der Waals surface area (Å²) in [5.41, 5.74) is 4.14. The van der Waals surface area contributed by atoms with Gasteiger partial charge in [0.15, 0.2) is 0 Å². The first kappa shape index (κ1) is 13.5. The zero-order valence-electron chi connectivity index (χ0n) is 12.4. The molecule has 2 aromatic heterocycles. The van der Waals surface area contributed by atoms with Gasteiger partial charge in [0.25, 0.3) is 0 Å². The Morgan fingerprint density at radius 1 is 1.05 bits per heavy atom. The topological polar surface area (TPSA) is 17.3 Å². The molecule has 0 bridgehead atoms. The van der Waals surface area contributed by atoms with Crippen molar-refractivity contribution in [2.75, 3.05) is 0 Å². The van der Waals surface area contributed by atoms with Crippen molar-refractivity contribution < 1.29 is 0 Å². The van der Waals surface area contributed by atoms with Gasteiger partial charge in [0.2, 0.25) is 0 Å². The lowest BCUT2D eigenvalue weighted by atomic mass is 10.1. The fraction of sp³-hybridized carbons (Fsp3) is 0.211. The van der Waals surface area contributed by atoms with Crippen LogP contribution in [-0.4, -0.2) is 10.8 Å². The highest BCUT2D eigenvalue weighted by Crippen LogP contribution is 2.38. The maximum atomic E-state index is 4.70. The molecule has 0 aliphatic heterocycles. The van der Waals surface area contributed by atoms with E-state index >= 15 is 0 Å². The Morgan fingerprint density at radius 2 is 1.86 bits per heavy atom. The molecule has 0 saturated carbocycles. The Kier molecular flexibility index (Phi) is 3.65. The van der Waals surface area contributed by atoms with E-state index in [4.69, 9.17) is 4.99 Å². The monoisotopic (exact) mass is 306 g/mol. The van der Waals surface area contributed by atoms with Crippen LogP contribution in [0.4, 0.5) is 0 Å². The summed E-state index contributed by atoms with van der Waals surface area (Å²) in [5, 5.41) is 1.35. The molecule has 1 aliphatic carbocycles. The lowest BCUT2D eigenvalue weighted by molar-refractivity contribution is 0.898. The van der Waals surface area contributed by atoms with E-state index in [1.165, 1.54) is 29.8 Å². The van der Waals surface area contributed by atoms with Gasteiger partial charge in [-0.1, -0.05) is 30.3 Å². The number of fused-ring (bicyclic) bond motifs is 1. The molecule has 2 nitrogen and oxygen atoms in total. The van der Waals surface area contributed by atoms with Crippen LogP contribution in [0.2, 0.25) is 0 Å². The second-order valence-corrected chi connectivity index (χ2v) is 6.70. The van der Waals surface area contributed by atoms with Crippen molar-refractivity contribution in [3.8, 4) is 5.00 Å². The lowest BCUT2D eigenvalue weighted by Gasteiger charge is -2.05. The smallest absolute Gasteiger partial charge is 0.105 e. The molecule has 3 heteroatoms. The summed E-state index contributed by atoms with van der Waals surface area (Å²) in [6.07, 6.45) is 9.98. The van der Waals surface area contributed by atoms with Gasteiger partial charge >= 0.3 is 0 Å². The predicted molar refractivity (Wildman–Crippen MR) is 93.4 cm³/mol. The number of hydrogen-bond donors (Lipinski definition) is 0. The Labute approximate surface area is 134 Å². The zero-order valence-corrected chi connectivity index (χ0v) is 13.2. The molecule has 0 spiro atoms. The second-order valence-electron chi connectivity index (χ2n) is 5.61. The van der Waals surface area contributed by atoms with Gasteiger partial charge in [-0.15, -0.1) is 11.3 Å². The molecule has 0 saturated heterocycles. The quantitative estimate of drug-likeness (QED) is 0.625. The Bertz CT molecular complexity index is 782. The third kappa shape index (κ3) is 2.53. The Balaban J connectivity index is 1.65. The third-order valence-corrected chi connectivity index (χ3v) is 5.49. The van der Waals surface area contributed by atoms with Crippen molar-refractivity contribution in [2.24, 2.45) is 4.99 Å². The van der Waals surface area contributed by atoms with Crippen LogP contribution in [0.25, 0.3) is 5.00 Å². The maximum absolute atomic E-state index is 4.70. The van der Waals surface area contributed by atoms with Gasteiger partial charge in [-0.2, -0.15) is 0 Å². The summed E-state index contributed by atoms with van der Waals surface area (Å²) < 4.78 is 2.23. The summed E-state index contributed by atoms with van der Waals surface area (Å²) in [7, 11) is 0. The van der Waals surface area contributed by atoms with E-state index < -0.39 is 0 Å². The highest BCUT2D eigenvalue weighted by Gasteiger charge is 2.22. The zero-order chi connectivity index (χ0) is 14.8. The minimum absolute atomic E-state index is 0.772. The molecular formula is C19H18N2S. The van der Waals surface area contributed by atoms with Gasteiger partial charge in [-0.3, -0.25) is 4.99 Å². The van der Waals surface area contributed by atoms with Crippen LogP contribution in [0.3, 0.4) is 0 Å². The molecule has 3 aromatic rings. The minimum Gasteiger partial charge on any atom is -0.315 e. The molecule has 0 fully saturated rings. The van der Waals surface area contributed by atoms with E-state index in [1.807, 2.05) is 23.6 Å². The normalized spacial score (nSPS) is 13.8. The van der Waals surface area contributed by atoms with Gasteiger partial charge < -0.3 is 4.57 Å². The molecule has 110 valence electrons. The van der Waals surface area contributed by atoms with E-state index in [0.717, 1.165) is 12.1 Å². The highest BCUT2D eigenvalue weighted by atomic mass is 32.1. The van der Waals surface area contributed by atoms with E-state index in [-0.39, 0.29) is 0 Å². The van der Waals surface area contributed by atoms with E-state index in [2.05, 4.69) is 53.4 Å². The molecule has 4 rings (SSSR count). The number of nitrogens with zero attached hydrogens (tertiary/aromatic N) is 2. The van der Waals surface area contributed by atoms with Crippen molar-refractivity contribution >= 4 is 17.6 Å². The van der Waals surface area contributed by atoms with E-state index in [1.54, 1.807) is 10.4 Å². The molecule has 0 atom stereocenters. The molecule has 1 aromatic carbocycles. The number of benzene rings is 1. The van der Waals surface area contributed by atoms with Crippen LogP contribution < -0.4 is 0 Å². The van der Waals surface area contributed by atoms with Crippen molar-refractivity contribution in [3.05, 3.63) is 76.4 Å². The summed E-state index contributed by atoms with van der Waals surface area (Å²) in [6.45, 7) is 0.772. The first-order valence-corrected chi connectivity index (χ1v) is 8.55.